The molecule has 2 aromatic heterocycles. The van der Waals surface area contributed by atoms with Crippen LogP contribution in [0, 0.1) is 27.7 Å². The van der Waals surface area contributed by atoms with Gasteiger partial charge in [0.05, 0.1) is 0 Å². The van der Waals surface area contributed by atoms with Crippen molar-refractivity contribution in [1.29, 1.82) is 0 Å². The molecule has 2 nitrogen and oxygen atoms in total. The molecule has 0 saturated carbocycles. The number of aromatic nitrogens is 2. The largest absolute Gasteiger partial charge is 0.308 e. The maximum atomic E-state index is 2.43. The number of rotatable bonds is 3. The number of hydrogen-bond donors (Lipinski definition) is 0. The highest BCUT2D eigenvalue weighted by Gasteiger charge is 2.23. The Balaban J connectivity index is 2.34. The minimum atomic E-state index is 0.486. The Kier molecular flexibility index (Phi) is 4.55. The van der Waals surface area contributed by atoms with Crippen LogP contribution in [-0.4, -0.2) is 4.57 Å². The van der Waals surface area contributed by atoms with Crippen LogP contribution in [0.5, 0.6) is 0 Å². The van der Waals surface area contributed by atoms with Gasteiger partial charge >= 0.3 is 0 Å². The lowest BCUT2D eigenvalue weighted by molar-refractivity contribution is -0.661. The van der Waals surface area contributed by atoms with Crippen LogP contribution in [0.25, 0.3) is 17.1 Å². The second-order valence-electron chi connectivity index (χ2n) is 7.50. The molecule has 0 saturated heterocycles. The molecule has 2 heteroatoms. The topological polar surface area (TPSA) is 8.81 Å². The van der Waals surface area contributed by atoms with Crippen molar-refractivity contribution in [3.8, 4) is 17.1 Å². The fourth-order valence-electron chi connectivity index (χ4n) is 3.72. The molecule has 0 atom stereocenters. The van der Waals surface area contributed by atoms with Crippen molar-refractivity contribution in [2.24, 2.45) is 7.05 Å². The van der Waals surface area contributed by atoms with Gasteiger partial charge in [0.1, 0.15) is 12.7 Å². The summed E-state index contributed by atoms with van der Waals surface area (Å²) in [7, 11) is 2.14. The van der Waals surface area contributed by atoms with Crippen LogP contribution >= 0.6 is 0 Å². The monoisotopic (exact) mass is 333 g/mol. The molecule has 1 aromatic carbocycles. The molecular formula is C23H29N2+. The van der Waals surface area contributed by atoms with Gasteiger partial charge in [0.25, 0.3) is 0 Å². The summed E-state index contributed by atoms with van der Waals surface area (Å²) >= 11 is 0. The Morgan fingerprint density at radius 3 is 2.24 bits per heavy atom. The Morgan fingerprint density at radius 1 is 0.880 bits per heavy atom. The Hall–Kier alpha value is -2.35. The highest BCUT2D eigenvalue weighted by atomic mass is 15.0. The molecule has 0 amide bonds. The molecule has 0 bridgehead atoms. The van der Waals surface area contributed by atoms with Gasteiger partial charge in [-0.3, -0.25) is 0 Å². The third kappa shape index (κ3) is 3.02. The van der Waals surface area contributed by atoms with E-state index in [2.05, 4.69) is 100 Å². The first-order chi connectivity index (χ1) is 11.8. The summed E-state index contributed by atoms with van der Waals surface area (Å²) in [4.78, 5) is 0. The van der Waals surface area contributed by atoms with Gasteiger partial charge in [-0.05, 0) is 62.4 Å². The number of hydrogen-bond acceptors (Lipinski definition) is 0. The summed E-state index contributed by atoms with van der Waals surface area (Å²) in [5.74, 6) is 0.486. The highest BCUT2D eigenvalue weighted by Crippen LogP contribution is 2.32. The summed E-state index contributed by atoms with van der Waals surface area (Å²) < 4.78 is 4.67. The van der Waals surface area contributed by atoms with E-state index in [4.69, 9.17) is 0 Å². The van der Waals surface area contributed by atoms with Crippen molar-refractivity contribution in [3.05, 3.63) is 70.5 Å². The van der Waals surface area contributed by atoms with Crippen LogP contribution in [0.2, 0.25) is 0 Å². The lowest BCUT2D eigenvalue weighted by atomic mass is 10.0. The van der Waals surface area contributed by atoms with E-state index >= 15 is 0 Å². The predicted octanol–water partition coefficient (Wildman–Crippen LogP) is 5.33. The first-order valence-corrected chi connectivity index (χ1v) is 9.06. The first kappa shape index (κ1) is 17.5. The van der Waals surface area contributed by atoms with E-state index in [9.17, 15) is 0 Å². The van der Waals surface area contributed by atoms with Crippen molar-refractivity contribution in [3.63, 3.8) is 0 Å². The summed E-state index contributed by atoms with van der Waals surface area (Å²) in [6.07, 6.45) is 2.23. The SMILES string of the molecule is Cc1cc(-c2c(C)cc(C)n2-c2ccccc2C(C)C)[n+](C)cc1C. The molecule has 0 radical (unpaired) electrons. The van der Waals surface area contributed by atoms with Crippen molar-refractivity contribution in [1.82, 2.24) is 4.57 Å². The van der Waals surface area contributed by atoms with E-state index in [0.29, 0.717) is 5.92 Å². The van der Waals surface area contributed by atoms with Crippen molar-refractivity contribution < 1.29 is 4.57 Å². The van der Waals surface area contributed by atoms with Crippen molar-refractivity contribution >= 4 is 0 Å². The van der Waals surface area contributed by atoms with Crippen LogP contribution in [0.1, 0.15) is 47.7 Å². The summed E-state index contributed by atoms with van der Waals surface area (Å²) in [6, 6.07) is 13.4. The Bertz CT molecular complexity index is 930. The number of aryl methyl sites for hydroxylation is 5. The molecule has 3 aromatic rings. The first-order valence-electron chi connectivity index (χ1n) is 9.06. The van der Waals surface area contributed by atoms with Gasteiger partial charge in [-0.15, -0.1) is 0 Å². The zero-order valence-electron chi connectivity index (χ0n) is 16.5. The maximum Gasteiger partial charge on any atom is 0.229 e. The molecule has 0 aliphatic carbocycles. The van der Waals surface area contributed by atoms with Gasteiger partial charge < -0.3 is 4.57 Å². The fraction of sp³-hybridized carbons (Fsp3) is 0.348. The van der Waals surface area contributed by atoms with Crippen LogP contribution in [0.15, 0.2) is 42.6 Å². The van der Waals surface area contributed by atoms with E-state index < -0.39 is 0 Å². The zero-order valence-corrected chi connectivity index (χ0v) is 16.5. The normalized spacial score (nSPS) is 11.4. The minimum absolute atomic E-state index is 0.486. The lowest BCUT2D eigenvalue weighted by Gasteiger charge is -2.18. The summed E-state index contributed by atoms with van der Waals surface area (Å²) in [5.41, 5.74) is 10.5. The lowest BCUT2D eigenvalue weighted by Crippen LogP contribution is -2.32. The van der Waals surface area contributed by atoms with Crippen LogP contribution in [0.4, 0.5) is 0 Å². The van der Waals surface area contributed by atoms with Crippen LogP contribution < -0.4 is 4.57 Å². The van der Waals surface area contributed by atoms with Gasteiger partial charge in [-0.25, -0.2) is 0 Å². The van der Waals surface area contributed by atoms with Gasteiger partial charge in [0.15, 0.2) is 6.20 Å². The second kappa shape index (κ2) is 6.51. The Morgan fingerprint density at radius 2 is 1.56 bits per heavy atom. The van der Waals surface area contributed by atoms with Gasteiger partial charge in [0.2, 0.25) is 5.69 Å². The van der Waals surface area contributed by atoms with Crippen LogP contribution in [0.3, 0.4) is 0 Å². The quantitative estimate of drug-likeness (QED) is 0.573. The molecule has 0 aliphatic heterocycles. The molecule has 0 N–H and O–H groups in total. The summed E-state index contributed by atoms with van der Waals surface area (Å²) in [5, 5.41) is 0. The number of para-hydroxylation sites is 1. The molecule has 0 fully saturated rings. The molecule has 130 valence electrons. The fourth-order valence-corrected chi connectivity index (χ4v) is 3.72. The van der Waals surface area contributed by atoms with Gasteiger partial charge in [0, 0.05) is 23.0 Å². The minimum Gasteiger partial charge on any atom is -0.308 e. The summed E-state index contributed by atoms with van der Waals surface area (Å²) in [6.45, 7) is 13.3. The van der Waals surface area contributed by atoms with Crippen LogP contribution in [-0.2, 0) is 7.05 Å². The number of benzene rings is 1. The predicted molar refractivity (Wildman–Crippen MR) is 105 cm³/mol. The average molecular weight is 333 g/mol. The maximum absolute atomic E-state index is 2.43. The van der Waals surface area contributed by atoms with Gasteiger partial charge in [-0.2, -0.15) is 4.57 Å². The third-order valence-corrected chi connectivity index (χ3v) is 5.16. The third-order valence-electron chi connectivity index (χ3n) is 5.16. The Labute approximate surface area is 151 Å². The molecule has 25 heavy (non-hydrogen) atoms. The molecule has 3 rings (SSSR count). The second-order valence-corrected chi connectivity index (χ2v) is 7.50. The van der Waals surface area contributed by atoms with Crippen molar-refractivity contribution in [2.75, 3.05) is 0 Å². The van der Waals surface area contributed by atoms with E-state index in [-0.39, 0.29) is 0 Å². The van der Waals surface area contributed by atoms with E-state index in [1.165, 1.54) is 45.0 Å². The standard InChI is InChI=1S/C23H29N2/c1-15(2)20-10-8-9-11-21(20)25-19(6)12-17(4)23(25)22-13-16(3)18(5)14-24(22)7/h8-15H,1-7H3/q+1. The molecule has 0 aliphatic rings. The van der Waals surface area contributed by atoms with E-state index in [1.807, 2.05) is 0 Å². The average Bonchev–Trinajstić information content (AvgIpc) is 2.85. The smallest absolute Gasteiger partial charge is 0.229 e. The zero-order chi connectivity index (χ0) is 18.3. The van der Waals surface area contributed by atoms with Crippen molar-refractivity contribution in [2.45, 2.75) is 47.5 Å². The number of pyridine rings is 1. The van der Waals surface area contributed by atoms with E-state index in [1.54, 1.807) is 0 Å². The number of nitrogens with zero attached hydrogens (tertiary/aromatic N) is 2. The molecule has 0 unspecified atom stereocenters. The molecular weight excluding hydrogens is 304 g/mol. The molecule has 0 spiro atoms. The van der Waals surface area contributed by atoms with Gasteiger partial charge in [-0.1, -0.05) is 32.0 Å². The molecule has 2 heterocycles. The van der Waals surface area contributed by atoms with E-state index in [0.717, 1.165) is 0 Å². The highest BCUT2D eigenvalue weighted by molar-refractivity contribution is 5.64.